The summed E-state index contributed by atoms with van der Waals surface area (Å²) in [7, 11) is 0. The van der Waals surface area contributed by atoms with Crippen molar-refractivity contribution >= 4 is 18.0 Å². The molecular formula is C10H18N2O5. The van der Waals surface area contributed by atoms with Gasteiger partial charge in [-0.15, -0.1) is 0 Å². The SMILES string of the molecule is CCNC(=O)NC(C(=O)OCC)C(=O)OCC. The summed E-state index contributed by atoms with van der Waals surface area (Å²) in [5.41, 5.74) is 0. The molecule has 0 saturated heterocycles. The van der Waals surface area contributed by atoms with E-state index in [1.807, 2.05) is 0 Å². The number of carbonyl (C=O) groups is 3. The standard InChI is InChI=1S/C10H18N2O5/c1-4-11-10(15)12-7(8(13)16-5-2)9(14)17-6-3/h7H,4-6H2,1-3H3,(H2,11,12,15). The number of ether oxygens (including phenoxy) is 2. The maximum absolute atomic E-state index is 11.4. The number of carbonyl (C=O) groups excluding carboxylic acids is 3. The Kier molecular flexibility index (Phi) is 7.49. The largest absolute Gasteiger partial charge is 0.464 e. The molecule has 0 radical (unpaired) electrons. The monoisotopic (exact) mass is 246 g/mol. The quantitative estimate of drug-likeness (QED) is 0.500. The Balaban J connectivity index is 4.55. The van der Waals surface area contributed by atoms with E-state index in [1.54, 1.807) is 20.8 Å². The van der Waals surface area contributed by atoms with Crippen LogP contribution in [0.5, 0.6) is 0 Å². The third-order valence-electron chi connectivity index (χ3n) is 1.66. The highest BCUT2D eigenvalue weighted by molar-refractivity contribution is 6.02. The molecule has 0 unspecified atom stereocenters. The minimum atomic E-state index is -1.43. The molecule has 0 atom stereocenters. The van der Waals surface area contributed by atoms with Crippen molar-refractivity contribution < 1.29 is 23.9 Å². The van der Waals surface area contributed by atoms with Gasteiger partial charge >= 0.3 is 18.0 Å². The number of amides is 2. The predicted molar refractivity (Wildman–Crippen MR) is 59.3 cm³/mol. The second-order valence-electron chi connectivity index (χ2n) is 2.94. The van der Waals surface area contributed by atoms with E-state index in [9.17, 15) is 14.4 Å². The van der Waals surface area contributed by atoms with Crippen molar-refractivity contribution in [3.8, 4) is 0 Å². The van der Waals surface area contributed by atoms with Gasteiger partial charge in [0.1, 0.15) is 0 Å². The number of esters is 2. The van der Waals surface area contributed by atoms with E-state index in [0.717, 1.165) is 0 Å². The van der Waals surface area contributed by atoms with E-state index in [2.05, 4.69) is 20.1 Å². The number of urea groups is 1. The molecule has 0 heterocycles. The Morgan fingerprint density at radius 2 is 1.47 bits per heavy atom. The first-order chi connectivity index (χ1) is 8.06. The van der Waals surface area contributed by atoms with Crippen LogP contribution in [0.15, 0.2) is 0 Å². The fourth-order valence-corrected chi connectivity index (χ4v) is 1.01. The van der Waals surface area contributed by atoms with Crippen LogP contribution in [0, 0.1) is 0 Å². The Hall–Kier alpha value is -1.79. The van der Waals surface area contributed by atoms with E-state index in [0.29, 0.717) is 6.54 Å². The highest BCUT2D eigenvalue weighted by atomic mass is 16.6. The molecule has 0 aromatic carbocycles. The van der Waals surface area contributed by atoms with Gasteiger partial charge in [0.2, 0.25) is 6.04 Å². The van der Waals surface area contributed by atoms with Gasteiger partial charge in [0, 0.05) is 6.54 Å². The molecule has 0 aromatic rings. The van der Waals surface area contributed by atoms with Crippen molar-refractivity contribution in [2.75, 3.05) is 19.8 Å². The van der Waals surface area contributed by atoms with Crippen LogP contribution in [0.3, 0.4) is 0 Å². The van der Waals surface area contributed by atoms with Gasteiger partial charge in [0.25, 0.3) is 0 Å². The van der Waals surface area contributed by atoms with E-state index in [-0.39, 0.29) is 13.2 Å². The Morgan fingerprint density at radius 3 is 1.82 bits per heavy atom. The zero-order valence-corrected chi connectivity index (χ0v) is 10.2. The summed E-state index contributed by atoms with van der Waals surface area (Å²) in [6, 6.07) is -2.06. The van der Waals surface area contributed by atoms with Crippen molar-refractivity contribution in [3.05, 3.63) is 0 Å². The van der Waals surface area contributed by atoms with Crippen molar-refractivity contribution in [1.82, 2.24) is 10.6 Å². The van der Waals surface area contributed by atoms with Crippen LogP contribution < -0.4 is 10.6 Å². The van der Waals surface area contributed by atoms with Crippen LogP contribution in [-0.2, 0) is 19.1 Å². The van der Waals surface area contributed by atoms with Gasteiger partial charge in [-0.2, -0.15) is 0 Å². The van der Waals surface area contributed by atoms with Crippen molar-refractivity contribution in [1.29, 1.82) is 0 Å². The van der Waals surface area contributed by atoms with Crippen LogP contribution in [0.2, 0.25) is 0 Å². The highest BCUT2D eigenvalue weighted by Crippen LogP contribution is 1.94. The van der Waals surface area contributed by atoms with Crippen LogP contribution in [-0.4, -0.2) is 43.8 Å². The topological polar surface area (TPSA) is 93.7 Å². The zero-order chi connectivity index (χ0) is 13.3. The molecule has 0 spiro atoms. The molecule has 0 aliphatic rings. The molecule has 0 bridgehead atoms. The van der Waals surface area contributed by atoms with E-state index >= 15 is 0 Å². The molecule has 0 fully saturated rings. The first kappa shape index (κ1) is 15.2. The maximum atomic E-state index is 11.4. The van der Waals surface area contributed by atoms with Gasteiger partial charge in [-0.1, -0.05) is 0 Å². The van der Waals surface area contributed by atoms with Crippen LogP contribution in [0.4, 0.5) is 4.79 Å². The predicted octanol–water partition coefficient (Wildman–Crippen LogP) is -0.200. The lowest BCUT2D eigenvalue weighted by Gasteiger charge is -2.15. The number of hydrogen-bond acceptors (Lipinski definition) is 5. The van der Waals surface area contributed by atoms with Crippen molar-refractivity contribution in [3.63, 3.8) is 0 Å². The average molecular weight is 246 g/mol. The van der Waals surface area contributed by atoms with Crippen LogP contribution >= 0.6 is 0 Å². The maximum Gasteiger partial charge on any atom is 0.340 e. The highest BCUT2D eigenvalue weighted by Gasteiger charge is 2.30. The molecule has 2 N–H and O–H groups in total. The zero-order valence-electron chi connectivity index (χ0n) is 10.2. The number of nitrogens with one attached hydrogen (secondary N) is 2. The first-order valence-corrected chi connectivity index (χ1v) is 5.44. The lowest BCUT2D eigenvalue weighted by molar-refractivity contribution is -0.157. The lowest BCUT2D eigenvalue weighted by atomic mass is 10.3. The average Bonchev–Trinajstić information content (AvgIpc) is 2.26. The molecule has 98 valence electrons. The molecule has 0 saturated carbocycles. The number of rotatable bonds is 6. The first-order valence-electron chi connectivity index (χ1n) is 5.44. The smallest absolute Gasteiger partial charge is 0.340 e. The summed E-state index contributed by atoms with van der Waals surface area (Å²) in [4.78, 5) is 34.1. The summed E-state index contributed by atoms with van der Waals surface area (Å²) >= 11 is 0. The van der Waals surface area contributed by atoms with Gasteiger partial charge < -0.3 is 20.1 Å². The molecule has 17 heavy (non-hydrogen) atoms. The van der Waals surface area contributed by atoms with Crippen LogP contribution in [0.1, 0.15) is 20.8 Å². The number of hydrogen-bond donors (Lipinski definition) is 2. The molecule has 0 aliphatic heterocycles. The fraction of sp³-hybridized carbons (Fsp3) is 0.700. The van der Waals surface area contributed by atoms with Gasteiger partial charge in [-0.25, -0.2) is 14.4 Å². The van der Waals surface area contributed by atoms with Gasteiger partial charge in [0.05, 0.1) is 13.2 Å². The molecular weight excluding hydrogens is 228 g/mol. The summed E-state index contributed by atoms with van der Waals surface area (Å²) < 4.78 is 9.34. The van der Waals surface area contributed by atoms with Crippen molar-refractivity contribution in [2.45, 2.75) is 26.8 Å². The Labute approximate surface area is 99.8 Å². The lowest BCUT2D eigenvalue weighted by Crippen LogP contribution is -2.51. The molecule has 0 aliphatic carbocycles. The molecule has 0 rings (SSSR count). The Bertz CT molecular complexity index is 262. The normalized spacial score (nSPS) is 9.65. The summed E-state index contributed by atoms with van der Waals surface area (Å²) in [6.45, 7) is 5.53. The summed E-state index contributed by atoms with van der Waals surface area (Å²) in [5.74, 6) is -1.67. The Morgan fingerprint density at radius 1 is 1.00 bits per heavy atom. The van der Waals surface area contributed by atoms with Crippen molar-refractivity contribution in [2.24, 2.45) is 0 Å². The van der Waals surface area contributed by atoms with E-state index < -0.39 is 24.0 Å². The third kappa shape index (κ3) is 5.74. The fourth-order valence-electron chi connectivity index (χ4n) is 1.01. The van der Waals surface area contributed by atoms with E-state index in [4.69, 9.17) is 0 Å². The second kappa shape index (κ2) is 8.37. The summed E-state index contributed by atoms with van der Waals surface area (Å²) in [5, 5.41) is 4.59. The minimum Gasteiger partial charge on any atom is -0.464 e. The molecule has 7 heteroatoms. The second-order valence-corrected chi connectivity index (χ2v) is 2.94. The third-order valence-corrected chi connectivity index (χ3v) is 1.66. The van der Waals surface area contributed by atoms with Gasteiger partial charge in [-0.3, -0.25) is 0 Å². The van der Waals surface area contributed by atoms with Gasteiger partial charge in [0.15, 0.2) is 0 Å². The van der Waals surface area contributed by atoms with Gasteiger partial charge in [-0.05, 0) is 20.8 Å². The molecule has 2 amide bonds. The molecule has 0 aromatic heterocycles. The summed E-state index contributed by atoms with van der Waals surface area (Å²) in [6.07, 6.45) is 0. The minimum absolute atomic E-state index is 0.117. The van der Waals surface area contributed by atoms with E-state index in [1.165, 1.54) is 0 Å². The van der Waals surface area contributed by atoms with Crippen LogP contribution in [0.25, 0.3) is 0 Å². The molecule has 7 nitrogen and oxygen atoms in total.